The van der Waals surface area contributed by atoms with E-state index in [-0.39, 0.29) is 6.73 Å². The Morgan fingerprint density at radius 2 is 2.31 bits per heavy atom. The Kier molecular flexibility index (Phi) is 4.21. The molecular weight excluding hydrogens is 234 g/mol. The minimum atomic E-state index is -0.0103. The van der Waals surface area contributed by atoms with Crippen molar-refractivity contribution in [2.75, 3.05) is 13.8 Å². The second kappa shape index (κ2) is 5.21. The Hall–Kier alpha value is -0.580. The summed E-state index contributed by atoms with van der Waals surface area (Å²) in [5.41, 5.74) is 1.10. The third-order valence-electron chi connectivity index (χ3n) is 1.66. The molecule has 0 aromatic heterocycles. The normalized spacial score (nSPS) is 10.1. The quantitative estimate of drug-likeness (QED) is 0.791. The van der Waals surface area contributed by atoms with Crippen LogP contribution >= 0.6 is 15.9 Å². The fraction of sp³-hybridized carbons (Fsp3) is 0.333. The van der Waals surface area contributed by atoms with E-state index in [9.17, 15) is 0 Å². The van der Waals surface area contributed by atoms with Crippen molar-refractivity contribution in [2.45, 2.75) is 6.54 Å². The van der Waals surface area contributed by atoms with Gasteiger partial charge in [-0.25, -0.2) is 0 Å². The fourth-order valence-electron chi connectivity index (χ4n) is 1.02. The van der Waals surface area contributed by atoms with Crippen LogP contribution in [0.4, 0.5) is 0 Å². The predicted molar refractivity (Wildman–Crippen MR) is 54.6 cm³/mol. The molecule has 0 aliphatic rings. The lowest BCUT2D eigenvalue weighted by Crippen LogP contribution is -2.13. The van der Waals surface area contributed by atoms with Gasteiger partial charge in [-0.3, -0.25) is 5.32 Å². The Morgan fingerprint density at radius 1 is 1.54 bits per heavy atom. The van der Waals surface area contributed by atoms with E-state index in [0.29, 0.717) is 6.54 Å². The van der Waals surface area contributed by atoms with Crippen LogP contribution in [-0.2, 0) is 6.54 Å². The number of benzene rings is 1. The van der Waals surface area contributed by atoms with Gasteiger partial charge in [-0.2, -0.15) is 0 Å². The maximum absolute atomic E-state index is 8.55. The largest absolute Gasteiger partial charge is 0.496 e. The molecule has 0 fully saturated rings. The molecule has 0 amide bonds. The summed E-state index contributed by atoms with van der Waals surface area (Å²) in [6.07, 6.45) is 0. The molecule has 0 radical (unpaired) electrons. The van der Waals surface area contributed by atoms with Crippen molar-refractivity contribution in [3.05, 3.63) is 28.2 Å². The van der Waals surface area contributed by atoms with Gasteiger partial charge >= 0.3 is 0 Å². The number of aliphatic hydroxyl groups is 1. The zero-order valence-electron chi connectivity index (χ0n) is 7.38. The first-order chi connectivity index (χ1) is 6.27. The number of nitrogens with one attached hydrogen (secondary N) is 1. The number of methoxy groups -OCH3 is 1. The molecule has 0 heterocycles. The maximum Gasteiger partial charge on any atom is 0.133 e. The Morgan fingerprint density at radius 3 is 2.85 bits per heavy atom. The van der Waals surface area contributed by atoms with Gasteiger partial charge in [-0.15, -0.1) is 0 Å². The summed E-state index contributed by atoms with van der Waals surface area (Å²) >= 11 is 3.38. The minimum Gasteiger partial charge on any atom is -0.496 e. The van der Waals surface area contributed by atoms with E-state index in [0.717, 1.165) is 15.8 Å². The van der Waals surface area contributed by atoms with Crippen LogP contribution in [0.15, 0.2) is 22.7 Å². The smallest absolute Gasteiger partial charge is 0.133 e. The van der Waals surface area contributed by atoms with E-state index in [4.69, 9.17) is 9.84 Å². The molecule has 4 heteroatoms. The third kappa shape index (κ3) is 2.99. The van der Waals surface area contributed by atoms with Crippen molar-refractivity contribution < 1.29 is 9.84 Å². The Bertz CT molecular complexity index is 278. The molecule has 0 bridgehead atoms. The van der Waals surface area contributed by atoms with E-state index in [1.54, 1.807) is 7.11 Å². The van der Waals surface area contributed by atoms with Crippen LogP contribution in [-0.4, -0.2) is 18.9 Å². The van der Waals surface area contributed by atoms with E-state index in [2.05, 4.69) is 21.2 Å². The molecule has 0 atom stereocenters. The van der Waals surface area contributed by atoms with E-state index in [1.165, 1.54) is 0 Å². The average molecular weight is 246 g/mol. The first kappa shape index (κ1) is 10.5. The van der Waals surface area contributed by atoms with Gasteiger partial charge in [0, 0.05) is 6.54 Å². The first-order valence-electron chi connectivity index (χ1n) is 3.92. The highest BCUT2D eigenvalue weighted by atomic mass is 79.9. The zero-order valence-corrected chi connectivity index (χ0v) is 8.97. The van der Waals surface area contributed by atoms with E-state index < -0.39 is 0 Å². The highest BCUT2D eigenvalue weighted by Gasteiger charge is 2.00. The summed E-state index contributed by atoms with van der Waals surface area (Å²) in [5, 5.41) is 11.4. The molecule has 1 rings (SSSR count). The summed E-state index contributed by atoms with van der Waals surface area (Å²) < 4.78 is 6.01. The van der Waals surface area contributed by atoms with Gasteiger partial charge in [0.05, 0.1) is 18.3 Å². The van der Waals surface area contributed by atoms with Crippen molar-refractivity contribution in [1.82, 2.24) is 5.32 Å². The van der Waals surface area contributed by atoms with Crippen LogP contribution in [0.1, 0.15) is 5.56 Å². The van der Waals surface area contributed by atoms with E-state index >= 15 is 0 Å². The van der Waals surface area contributed by atoms with Gasteiger partial charge in [0.25, 0.3) is 0 Å². The van der Waals surface area contributed by atoms with Gasteiger partial charge in [0.1, 0.15) is 5.75 Å². The molecule has 0 spiro atoms. The van der Waals surface area contributed by atoms with Crippen molar-refractivity contribution in [1.29, 1.82) is 0 Å². The van der Waals surface area contributed by atoms with Crippen LogP contribution in [0.2, 0.25) is 0 Å². The molecule has 0 saturated heterocycles. The molecule has 2 N–H and O–H groups in total. The Labute approximate surface area is 85.9 Å². The summed E-state index contributed by atoms with van der Waals surface area (Å²) in [6, 6.07) is 5.80. The van der Waals surface area contributed by atoms with Crippen molar-refractivity contribution in [2.24, 2.45) is 0 Å². The van der Waals surface area contributed by atoms with Gasteiger partial charge in [0.15, 0.2) is 0 Å². The molecule has 0 unspecified atom stereocenters. The minimum absolute atomic E-state index is 0.0103. The topological polar surface area (TPSA) is 41.5 Å². The maximum atomic E-state index is 8.55. The molecule has 0 aliphatic heterocycles. The number of hydrogen-bond donors (Lipinski definition) is 2. The lowest BCUT2D eigenvalue weighted by Gasteiger charge is -2.06. The number of ether oxygens (including phenoxy) is 1. The lowest BCUT2D eigenvalue weighted by atomic mass is 10.2. The van der Waals surface area contributed by atoms with Crippen molar-refractivity contribution in [3.8, 4) is 5.75 Å². The second-order valence-corrected chi connectivity index (χ2v) is 3.41. The number of rotatable bonds is 4. The molecule has 1 aromatic rings. The van der Waals surface area contributed by atoms with E-state index in [1.807, 2.05) is 18.2 Å². The number of aliphatic hydroxyl groups excluding tert-OH is 1. The Balaban J connectivity index is 2.71. The fourth-order valence-corrected chi connectivity index (χ4v) is 1.61. The highest BCUT2D eigenvalue weighted by Crippen LogP contribution is 2.25. The SMILES string of the molecule is COc1ccc(CNCO)cc1Br. The van der Waals surface area contributed by atoms with Crippen LogP contribution in [0, 0.1) is 0 Å². The molecule has 3 nitrogen and oxygen atoms in total. The van der Waals surface area contributed by atoms with Gasteiger partial charge in [0.2, 0.25) is 0 Å². The highest BCUT2D eigenvalue weighted by molar-refractivity contribution is 9.10. The average Bonchev–Trinajstić information content (AvgIpc) is 2.15. The molecule has 0 saturated carbocycles. The first-order valence-corrected chi connectivity index (χ1v) is 4.71. The number of hydrogen-bond acceptors (Lipinski definition) is 3. The molecular formula is C9H12BrNO2. The summed E-state index contributed by atoms with van der Waals surface area (Å²) in [7, 11) is 1.63. The zero-order chi connectivity index (χ0) is 9.68. The molecule has 0 aliphatic carbocycles. The van der Waals surface area contributed by atoms with Crippen LogP contribution < -0.4 is 10.1 Å². The molecule has 72 valence electrons. The van der Waals surface area contributed by atoms with Crippen LogP contribution in [0.5, 0.6) is 5.75 Å². The molecule has 13 heavy (non-hydrogen) atoms. The van der Waals surface area contributed by atoms with Gasteiger partial charge in [-0.1, -0.05) is 6.07 Å². The monoisotopic (exact) mass is 245 g/mol. The van der Waals surface area contributed by atoms with Crippen LogP contribution in [0.3, 0.4) is 0 Å². The summed E-state index contributed by atoms with van der Waals surface area (Å²) in [4.78, 5) is 0. The standard InChI is InChI=1S/C9H12BrNO2/c1-13-9-3-2-7(4-8(9)10)5-11-6-12/h2-4,11-12H,5-6H2,1H3. The summed E-state index contributed by atoms with van der Waals surface area (Å²) in [5.74, 6) is 0.813. The molecule has 1 aromatic carbocycles. The summed E-state index contributed by atoms with van der Waals surface area (Å²) in [6.45, 7) is 0.642. The second-order valence-electron chi connectivity index (χ2n) is 2.55. The van der Waals surface area contributed by atoms with Crippen LogP contribution in [0.25, 0.3) is 0 Å². The third-order valence-corrected chi connectivity index (χ3v) is 2.28. The van der Waals surface area contributed by atoms with Gasteiger partial charge in [-0.05, 0) is 33.6 Å². The van der Waals surface area contributed by atoms with Crippen molar-refractivity contribution >= 4 is 15.9 Å². The van der Waals surface area contributed by atoms with Crippen molar-refractivity contribution in [3.63, 3.8) is 0 Å². The predicted octanol–water partition coefficient (Wildman–Crippen LogP) is 1.50. The van der Waals surface area contributed by atoms with Gasteiger partial charge < -0.3 is 9.84 Å². The number of halogens is 1. The lowest BCUT2D eigenvalue weighted by molar-refractivity contribution is 0.259.